The van der Waals surface area contributed by atoms with Crippen molar-refractivity contribution in [3.05, 3.63) is 0 Å². The van der Waals surface area contributed by atoms with E-state index in [0.29, 0.717) is 0 Å². The van der Waals surface area contributed by atoms with E-state index >= 15 is 0 Å². The topological polar surface area (TPSA) is 9.23 Å². The monoisotopic (exact) mass is 85.0 g/mol. The molecular formula is CHOSi2. The summed E-state index contributed by atoms with van der Waals surface area (Å²) in [5, 5.41) is 0. The van der Waals surface area contributed by atoms with Crippen LogP contribution in [0.25, 0.3) is 0 Å². The Hall–Kier alpha value is 0.104. The summed E-state index contributed by atoms with van der Waals surface area (Å²) in [6, 6.07) is 0. The van der Waals surface area contributed by atoms with Crippen LogP contribution in [0.1, 0.15) is 0 Å². The summed E-state index contributed by atoms with van der Waals surface area (Å²) in [6.07, 6.45) is 0. The fourth-order valence-electron chi connectivity index (χ4n) is 0. The first-order valence-corrected chi connectivity index (χ1v) is 1.71. The van der Waals surface area contributed by atoms with Crippen molar-refractivity contribution in [2.75, 3.05) is 0 Å². The van der Waals surface area contributed by atoms with Crippen LogP contribution in [-0.2, 0) is 4.43 Å². The van der Waals surface area contributed by atoms with E-state index in [0.717, 1.165) is 0 Å². The average molecular weight is 85.2 g/mol. The van der Waals surface area contributed by atoms with Gasteiger partial charge in [0.2, 0.25) is 0 Å². The maximum atomic E-state index is 4.14. The molecule has 4 heavy (non-hydrogen) atoms. The van der Waals surface area contributed by atoms with E-state index in [1.807, 2.05) is 0 Å². The Morgan fingerprint density at radius 3 is 2.00 bits per heavy atom. The lowest BCUT2D eigenvalue weighted by Gasteiger charge is -1.71. The van der Waals surface area contributed by atoms with Crippen LogP contribution in [0.15, 0.2) is 0 Å². The second-order valence-corrected chi connectivity index (χ2v) is 0.707. The van der Waals surface area contributed by atoms with Crippen LogP contribution in [0.4, 0.5) is 0 Å². The third kappa shape index (κ3) is 2.10. The molecule has 0 spiro atoms. The summed E-state index contributed by atoms with van der Waals surface area (Å²) < 4.78 is 4.14. The second-order valence-electron chi connectivity index (χ2n) is 0.236. The standard InChI is InChI=1S/CHOSi2/c3-1-2-4/h1H. The zero-order valence-corrected chi connectivity index (χ0v) is 3.99. The SMILES string of the molecule is [Si]OC=[Si]. The van der Waals surface area contributed by atoms with E-state index in [1.54, 1.807) is 0 Å². The summed E-state index contributed by atoms with van der Waals surface area (Å²) >= 11 is 0. The predicted molar refractivity (Wildman–Crippen MR) is 18.7 cm³/mol. The Bertz CT molecular complexity index is 20.0. The molecule has 5 radical (unpaired) electrons. The normalized spacial score (nSPS) is 5.25. The first kappa shape index (κ1) is 4.10. The van der Waals surface area contributed by atoms with Crippen molar-refractivity contribution in [2.24, 2.45) is 0 Å². The van der Waals surface area contributed by atoms with Gasteiger partial charge in [0.05, 0.1) is 9.85 Å². The van der Waals surface area contributed by atoms with E-state index in [2.05, 4.69) is 24.8 Å². The molecule has 0 aromatic heterocycles. The van der Waals surface area contributed by atoms with Gasteiger partial charge in [-0.3, -0.25) is 0 Å². The summed E-state index contributed by atoms with van der Waals surface area (Å²) in [5.41, 5.74) is 0. The molecule has 0 saturated carbocycles. The van der Waals surface area contributed by atoms with Gasteiger partial charge >= 0.3 is 10.5 Å². The van der Waals surface area contributed by atoms with Crippen LogP contribution in [0.3, 0.4) is 0 Å². The fraction of sp³-hybridized carbons (Fsp3) is 0. The molecule has 0 saturated heterocycles. The highest BCUT2D eigenvalue weighted by molar-refractivity contribution is 6.28. The fourth-order valence-corrected chi connectivity index (χ4v) is 0. The van der Waals surface area contributed by atoms with Crippen LogP contribution in [0.5, 0.6) is 0 Å². The molecule has 0 atom stereocenters. The Morgan fingerprint density at radius 1 is 1.75 bits per heavy atom. The molecule has 0 fully saturated rings. The van der Waals surface area contributed by atoms with Crippen molar-refractivity contribution in [1.29, 1.82) is 0 Å². The molecule has 1 nitrogen and oxygen atoms in total. The minimum absolute atomic E-state index is 1.34. The van der Waals surface area contributed by atoms with Gasteiger partial charge in [-0.1, -0.05) is 0 Å². The molecule has 19 valence electrons. The maximum absolute atomic E-state index is 4.14. The van der Waals surface area contributed by atoms with E-state index in [4.69, 9.17) is 0 Å². The third-order valence-corrected chi connectivity index (χ3v) is 0.530. The van der Waals surface area contributed by atoms with Crippen LogP contribution in [0.2, 0.25) is 0 Å². The zero-order chi connectivity index (χ0) is 3.41. The van der Waals surface area contributed by atoms with Crippen molar-refractivity contribution in [1.82, 2.24) is 0 Å². The minimum atomic E-state index is 1.34. The predicted octanol–water partition coefficient (Wildman–Crippen LogP) is -0.985. The Kier molecular flexibility index (Phi) is 3.18. The lowest BCUT2D eigenvalue weighted by atomic mass is 11.7. The van der Waals surface area contributed by atoms with Crippen LogP contribution in [-0.4, -0.2) is 26.2 Å². The van der Waals surface area contributed by atoms with E-state index < -0.39 is 0 Å². The third-order valence-electron chi connectivity index (χ3n) is 0.0589. The molecular weight excluding hydrogens is 84.2 g/mol. The Morgan fingerprint density at radius 2 is 2.00 bits per heavy atom. The highest BCUT2D eigenvalue weighted by atomic mass is 28.2. The van der Waals surface area contributed by atoms with Crippen LogP contribution >= 0.6 is 0 Å². The molecule has 0 amide bonds. The molecule has 0 unspecified atom stereocenters. The zero-order valence-electron chi connectivity index (χ0n) is 1.99. The van der Waals surface area contributed by atoms with E-state index in [9.17, 15) is 0 Å². The lowest BCUT2D eigenvalue weighted by Crippen LogP contribution is -1.73. The molecule has 3 heteroatoms. The highest BCUT2D eigenvalue weighted by Crippen LogP contribution is 1.30. The van der Waals surface area contributed by atoms with Crippen molar-refractivity contribution < 1.29 is 4.43 Å². The molecule has 0 aliphatic heterocycles. The quantitative estimate of drug-likeness (QED) is 0.372. The van der Waals surface area contributed by atoms with Crippen molar-refractivity contribution in [3.8, 4) is 0 Å². The van der Waals surface area contributed by atoms with E-state index in [1.165, 1.54) is 5.86 Å². The van der Waals surface area contributed by atoms with Gasteiger partial charge in [0, 0.05) is 5.86 Å². The first-order valence-electron chi connectivity index (χ1n) is 0.729. The molecule has 0 rings (SSSR count). The van der Waals surface area contributed by atoms with Gasteiger partial charge in [-0.25, -0.2) is 0 Å². The van der Waals surface area contributed by atoms with Crippen molar-refractivity contribution in [2.45, 2.75) is 0 Å². The summed E-state index contributed by atoms with van der Waals surface area (Å²) in [7, 11) is 5.58. The maximum Gasteiger partial charge on any atom is 0.339 e. The number of hydrogen-bond acceptors (Lipinski definition) is 1. The van der Waals surface area contributed by atoms with Gasteiger partial charge in [0.15, 0.2) is 0 Å². The van der Waals surface area contributed by atoms with Crippen molar-refractivity contribution in [3.63, 3.8) is 0 Å². The van der Waals surface area contributed by atoms with Crippen molar-refractivity contribution >= 4 is 26.2 Å². The van der Waals surface area contributed by atoms with Gasteiger partial charge in [-0.2, -0.15) is 0 Å². The Balaban J connectivity index is 2.30. The smallest absolute Gasteiger partial charge is 0.339 e. The van der Waals surface area contributed by atoms with E-state index in [-0.39, 0.29) is 0 Å². The van der Waals surface area contributed by atoms with Crippen LogP contribution < -0.4 is 0 Å². The summed E-state index contributed by atoms with van der Waals surface area (Å²) in [4.78, 5) is 0. The summed E-state index contributed by atoms with van der Waals surface area (Å²) in [6.45, 7) is 0. The average Bonchev–Trinajstić information content (AvgIpc) is 1.37. The van der Waals surface area contributed by atoms with Crippen LogP contribution in [0, 0.1) is 0 Å². The van der Waals surface area contributed by atoms with Gasteiger partial charge in [-0.05, 0) is 0 Å². The van der Waals surface area contributed by atoms with Gasteiger partial charge in [0.25, 0.3) is 0 Å². The molecule has 0 N–H and O–H groups in total. The minimum Gasteiger partial charge on any atom is -0.551 e. The van der Waals surface area contributed by atoms with Gasteiger partial charge in [0.1, 0.15) is 0 Å². The second kappa shape index (κ2) is 3.10. The highest BCUT2D eigenvalue weighted by Gasteiger charge is 1.40. The largest absolute Gasteiger partial charge is 0.551 e. The van der Waals surface area contributed by atoms with Gasteiger partial charge in [-0.15, -0.1) is 0 Å². The molecule has 0 aromatic rings. The first-order chi connectivity index (χ1) is 1.91. The number of rotatable bonds is 1. The molecule has 0 aliphatic rings. The molecule has 0 heterocycles. The Labute approximate surface area is 31.6 Å². The molecule has 0 aliphatic carbocycles. The summed E-state index contributed by atoms with van der Waals surface area (Å²) in [5.74, 6) is 1.34. The molecule has 0 aromatic carbocycles. The number of hydrogen-bond donors (Lipinski definition) is 0. The van der Waals surface area contributed by atoms with Gasteiger partial charge < -0.3 is 4.43 Å². The lowest BCUT2D eigenvalue weighted by molar-refractivity contribution is 0.654. The molecule has 0 bridgehead atoms.